The first-order valence-corrected chi connectivity index (χ1v) is 6.46. The van der Waals surface area contributed by atoms with E-state index >= 15 is 0 Å². The van der Waals surface area contributed by atoms with Crippen molar-refractivity contribution in [1.29, 1.82) is 0 Å². The molecule has 0 bridgehead atoms. The molecule has 1 N–H and O–H groups in total. The Hall–Kier alpha value is -2.21. The predicted molar refractivity (Wildman–Crippen MR) is 73.1 cm³/mol. The normalized spacial score (nSPS) is 13.9. The fraction of sp³-hybridized carbons (Fsp3) is 0.286. The molecule has 2 heterocycles. The summed E-state index contributed by atoms with van der Waals surface area (Å²) in [5, 5.41) is 3.19. The van der Waals surface area contributed by atoms with Gasteiger partial charge in [-0.05, 0) is 12.1 Å². The first kappa shape index (κ1) is 12.8. The van der Waals surface area contributed by atoms with E-state index in [9.17, 15) is 9.18 Å². The Morgan fingerprint density at radius 3 is 3.00 bits per heavy atom. The Kier molecular flexibility index (Phi) is 3.23. The molecule has 2 aromatic rings. The summed E-state index contributed by atoms with van der Waals surface area (Å²) in [6, 6.07) is 6.20. The Bertz CT molecular complexity index is 629. The maximum absolute atomic E-state index is 13.7. The first-order chi connectivity index (χ1) is 9.66. The molecule has 0 atom stereocenters. The third kappa shape index (κ3) is 2.18. The van der Waals surface area contributed by atoms with Gasteiger partial charge in [0.25, 0.3) is 5.91 Å². The van der Waals surface area contributed by atoms with E-state index in [0.29, 0.717) is 12.2 Å². The highest BCUT2D eigenvalue weighted by atomic mass is 19.1. The van der Waals surface area contributed by atoms with Gasteiger partial charge >= 0.3 is 0 Å². The summed E-state index contributed by atoms with van der Waals surface area (Å²) in [4.78, 5) is 18.0. The van der Waals surface area contributed by atoms with Crippen LogP contribution < -0.4 is 10.2 Å². The lowest BCUT2D eigenvalue weighted by molar-refractivity contribution is 0.0987. The van der Waals surface area contributed by atoms with E-state index in [4.69, 9.17) is 0 Å². The second-order valence-electron chi connectivity index (χ2n) is 4.73. The summed E-state index contributed by atoms with van der Waals surface area (Å²) in [6.45, 7) is 2.30. The van der Waals surface area contributed by atoms with Crippen molar-refractivity contribution < 1.29 is 9.18 Å². The molecule has 1 aliphatic heterocycles. The van der Waals surface area contributed by atoms with Crippen LogP contribution in [-0.2, 0) is 13.1 Å². The minimum absolute atomic E-state index is 0.251. The lowest BCUT2D eigenvalue weighted by Crippen LogP contribution is -2.27. The molecule has 0 saturated heterocycles. The van der Waals surface area contributed by atoms with Crippen LogP contribution in [0.5, 0.6) is 0 Å². The number of para-hydroxylation sites is 1. The largest absolute Gasteiger partial charge is 0.332 e. The summed E-state index contributed by atoms with van der Waals surface area (Å²) in [5.41, 5.74) is 0.594. The van der Waals surface area contributed by atoms with Crippen LogP contribution in [0.1, 0.15) is 16.3 Å². The minimum atomic E-state index is -0.422. The molecule has 0 saturated carbocycles. The second-order valence-corrected chi connectivity index (χ2v) is 4.73. The van der Waals surface area contributed by atoms with Gasteiger partial charge in [-0.15, -0.1) is 0 Å². The second kappa shape index (κ2) is 5.05. The SMILES string of the molecule is CN(C(=O)c1cn2c(n1)CNCC2)c1ccccc1F. The number of imidazole rings is 1. The van der Waals surface area contributed by atoms with Crippen molar-refractivity contribution in [2.45, 2.75) is 13.1 Å². The number of rotatable bonds is 2. The Labute approximate surface area is 116 Å². The van der Waals surface area contributed by atoms with Crippen molar-refractivity contribution in [2.75, 3.05) is 18.5 Å². The fourth-order valence-electron chi connectivity index (χ4n) is 2.30. The molecule has 0 fully saturated rings. The zero-order valence-corrected chi connectivity index (χ0v) is 11.1. The van der Waals surface area contributed by atoms with E-state index in [2.05, 4.69) is 10.3 Å². The monoisotopic (exact) mass is 274 g/mol. The Morgan fingerprint density at radius 1 is 1.45 bits per heavy atom. The van der Waals surface area contributed by atoms with E-state index in [0.717, 1.165) is 18.9 Å². The summed E-state index contributed by atoms with van der Waals surface area (Å²) >= 11 is 0. The van der Waals surface area contributed by atoms with Gasteiger partial charge in [0.1, 0.15) is 17.3 Å². The van der Waals surface area contributed by atoms with Gasteiger partial charge in [0.05, 0.1) is 12.2 Å². The third-order valence-corrected chi connectivity index (χ3v) is 3.41. The van der Waals surface area contributed by atoms with E-state index < -0.39 is 5.82 Å². The zero-order chi connectivity index (χ0) is 14.1. The molecule has 1 aliphatic rings. The van der Waals surface area contributed by atoms with Gasteiger partial charge in [-0.25, -0.2) is 9.37 Å². The van der Waals surface area contributed by atoms with E-state index in [1.165, 1.54) is 11.0 Å². The molecule has 1 amide bonds. The van der Waals surface area contributed by atoms with Gasteiger partial charge < -0.3 is 14.8 Å². The molecule has 0 aliphatic carbocycles. The third-order valence-electron chi connectivity index (χ3n) is 3.41. The van der Waals surface area contributed by atoms with E-state index in [-0.39, 0.29) is 11.6 Å². The van der Waals surface area contributed by atoms with Crippen molar-refractivity contribution >= 4 is 11.6 Å². The van der Waals surface area contributed by atoms with Gasteiger partial charge in [0.15, 0.2) is 0 Å². The van der Waals surface area contributed by atoms with Crippen molar-refractivity contribution in [3.05, 3.63) is 47.8 Å². The average molecular weight is 274 g/mol. The van der Waals surface area contributed by atoms with Crippen LogP contribution in [0.4, 0.5) is 10.1 Å². The smallest absolute Gasteiger partial charge is 0.278 e. The number of fused-ring (bicyclic) bond motifs is 1. The minimum Gasteiger partial charge on any atom is -0.332 e. The maximum Gasteiger partial charge on any atom is 0.278 e. The van der Waals surface area contributed by atoms with Gasteiger partial charge in [0, 0.05) is 26.3 Å². The fourth-order valence-corrected chi connectivity index (χ4v) is 2.30. The molecule has 6 heteroatoms. The standard InChI is InChI=1S/C14H15FN4O/c1-18(12-5-3-2-4-10(12)15)14(20)11-9-19-7-6-16-8-13(19)17-11/h2-5,9,16H,6-8H2,1H3. The van der Waals surface area contributed by atoms with Crippen LogP contribution in [0.25, 0.3) is 0 Å². The van der Waals surface area contributed by atoms with Crippen LogP contribution in [0.3, 0.4) is 0 Å². The number of aromatic nitrogens is 2. The topological polar surface area (TPSA) is 50.2 Å². The summed E-state index contributed by atoms with van der Waals surface area (Å²) < 4.78 is 15.7. The molecule has 104 valence electrons. The molecule has 1 aromatic heterocycles. The van der Waals surface area contributed by atoms with E-state index in [1.54, 1.807) is 31.4 Å². The predicted octanol–water partition coefficient (Wildman–Crippen LogP) is 1.40. The van der Waals surface area contributed by atoms with Crippen LogP contribution >= 0.6 is 0 Å². The number of hydrogen-bond donors (Lipinski definition) is 1. The van der Waals surface area contributed by atoms with Crippen molar-refractivity contribution in [1.82, 2.24) is 14.9 Å². The molecule has 3 rings (SSSR count). The highest BCUT2D eigenvalue weighted by Gasteiger charge is 2.21. The molecular weight excluding hydrogens is 259 g/mol. The molecule has 0 spiro atoms. The van der Waals surface area contributed by atoms with Crippen LogP contribution in [0.15, 0.2) is 30.5 Å². The number of benzene rings is 1. The molecular formula is C14H15FN4O. The number of nitrogens with one attached hydrogen (secondary N) is 1. The van der Waals surface area contributed by atoms with Crippen LogP contribution in [0, 0.1) is 5.82 Å². The average Bonchev–Trinajstić information content (AvgIpc) is 2.90. The van der Waals surface area contributed by atoms with Gasteiger partial charge in [0.2, 0.25) is 0 Å². The summed E-state index contributed by atoms with van der Waals surface area (Å²) in [6.07, 6.45) is 1.73. The quantitative estimate of drug-likeness (QED) is 0.900. The number of hydrogen-bond acceptors (Lipinski definition) is 3. The molecule has 0 unspecified atom stereocenters. The number of anilines is 1. The lowest BCUT2D eigenvalue weighted by Gasteiger charge is -2.16. The number of halogens is 1. The first-order valence-electron chi connectivity index (χ1n) is 6.46. The Balaban J connectivity index is 1.89. The van der Waals surface area contributed by atoms with Crippen molar-refractivity contribution in [3.8, 4) is 0 Å². The highest BCUT2D eigenvalue weighted by molar-refractivity contribution is 6.04. The number of amides is 1. The Morgan fingerprint density at radius 2 is 2.25 bits per heavy atom. The highest BCUT2D eigenvalue weighted by Crippen LogP contribution is 2.19. The summed E-state index contributed by atoms with van der Waals surface area (Å²) in [7, 11) is 1.55. The van der Waals surface area contributed by atoms with Crippen molar-refractivity contribution in [3.63, 3.8) is 0 Å². The summed E-state index contributed by atoms with van der Waals surface area (Å²) in [5.74, 6) is 0.104. The lowest BCUT2D eigenvalue weighted by atomic mass is 10.2. The molecule has 5 nitrogen and oxygen atoms in total. The van der Waals surface area contributed by atoms with Crippen LogP contribution in [0.2, 0.25) is 0 Å². The molecule has 0 radical (unpaired) electrons. The van der Waals surface area contributed by atoms with Gasteiger partial charge in [-0.2, -0.15) is 0 Å². The number of nitrogens with zero attached hydrogens (tertiary/aromatic N) is 3. The van der Waals surface area contributed by atoms with E-state index in [1.807, 2.05) is 4.57 Å². The number of carbonyl (C=O) groups is 1. The van der Waals surface area contributed by atoms with Gasteiger partial charge in [-0.1, -0.05) is 12.1 Å². The van der Waals surface area contributed by atoms with Crippen molar-refractivity contribution in [2.24, 2.45) is 0 Å². The zero-order valence-electron chi connectivity index (χ0n) is 11.1. The molecule has 1 aromatic carbocycles. The molecule has 20 heavy (non-hydrogen) atoms. The number of carbonyl (C=O) groups excluding carboxylic acids is 1. The van der Waals surface area contributed by atoms with Crippen LogP contribution in [-0.4, -0.2) is 29.1 Å². The maximum atomic E-state index is 13.7. The van der Waals surface area contributed by atoms with Gasteiger partial charge in [-0.3, -0.25) is 4.79 Å².